The summed E-state index contributed by atoms with van der Waals surface area (Å²) < 4.78 is 5.20. The molecule has 80 valence electrons. The van der Waals surface area contributed by atoms with Crippen LogP contribution in [0.2, 0.25) is 0 Å². The van der Waals surface area contributed by atoms with E-state index in [-0.39, 0.29) is 5.72 Å². The van der Waals surface area contributed by atoms with E-state index in [2.05, 4.69) is 31.7 Å². The van der Waals surface area contributed by atoms with Gasteiger partial charge in [0.2, 0.25) is 0 Å². The summed E-state index contributed by atoms with van der Waals surface area (Å²) in [6.07, 6.45) is 6.14. The zero-order valence-electron chi connectivity index (χ0n) is 9.34. The molecule has 0 saturated heterocycles. The lowest BCUT2D eigenvalue weighted by Crippen LogP contribution is -2.41. The number of unbranched alkanes of at least 4 members (excludes halogenated alkanes) is 3. The summed E-state index contributed by atoms with van der Waals surface area (Å²) in [5, 5.41) is 0. The first-order valence-corrected chi connectivity index (χ1v) is 5.43. The van der Waals surface area contributed by atoms with Gasteiger partial charge in [-0.15, -0.1) is 0 Å². The van der Waals surface area contributed by atoms with Crippen molar-refractivity contribution < 1.29 is 4.18 Å². The molecule has 0 rings (SSSR count). The lowest BCUT2D eigenvalue weighted by atomic mass is 10.1. The lowest BCUT2D eigenvalue weighted by molar-refractivity contribution is -0.0313. The van der Waals surface area contributed by atoms with Crippen LogP contribution in [0, 0.1) is 0 Å². The third-order valence-corrected chi connectivity index (χ3v) is 3.03. The van der Waals surface area contributed by atoms with Gasteiger partial charge in [-0.05, 0) is 46.8 Å². The molecule has 2 nitrogen and oxygen atoms in total. The largest absolute Gasteiger partial charge is 0.297 e. The average molecular weight is 205 g/mol. The van der Waals surface area contributed by atoms with Crippen LogP contribution in [0.1, 0.15) is 46.0 Å². The molecule has 0 N–H and O–H groups in total. The van der Waals surface area contributed by atoms with Crippen molar-refractivity contribution in [3.8, 4) is 0 Å². The molecule has 0 amide bonds. The Bertz CT molecular complexity index is 130. The highest BCUT2D eigenvalue weighted by atomic mass is 32.1. The van der Waals surface area contributed by atoms with Crippen molar-refractivity contribution in [2.45, 2.75) is 51.7 Å². The number of hydrogen-bond donors (Lipinski definition) is 1. The third kappa shape index (κ3) is 4.89. The van der Waals surface area contributed by atoms with Gasteiger partial charge in [-0.2, -0.15) is 0 Å². The van der Waals surface area contributed by atoms with E-state index < -0.39 is 0 Å². The predicted octanol–water partition coefficient (Wildman–Crippen LogP) is 3.10. The first-order valence-electron chi connectivity index (χ1n) is 5.07. The third-order valence-electron chi connectivity index (χ3n) is 2.64. The predicted molar refractivity (Wildman–Crippen MR) is 60.9 cm³/mol. The fourth-order valence-corrected chi connectivity index (χ4v) is 1.49. The molecule has 0 radical (unpaired) electrons. The summed E-state index contributed by atoms with van der Waals surface area (Å²) in [4.78, 5) is 2.08. The van der Waals surface area contributed by atoms with Gasteiger partial charge < -0.3 is 0 Å². The molecular weight excluding hydrogens is 182 g/mol. The maximum Gasteiger partial charge on any atom is 0.132 e. The van der Waals surface area contributed by atoms with E-state index in [1.165, 1.54) is 25.7 Å². The van der Waals surface area contributed by atoms with E-state index in [0.717, 1.165) is 6.42 Å². The molecule has 0 aromatic heterocycles. The van der Waals surface area contributed by atoms with Crippen LogP contribution in [0.3, 0.4) is 0 Å². The monoisotopic (exact) mass is 205 g/mol. The zero-order chi connectivity index (χ0) is 10.3. The SMILES string of the molecule is CCCCCCC(C)(OS)N(C)C. The maximum atomic E-state index is 5.20. The summed E-state index contributed by atoms with van der Waals surface area (Å²) in [6, 6.07) is 0. The van der Waals surface area contributed by atoms with Crippen LogP contribution in [-0.4, -0.2) is 24.7 Å². The second-order valence-corrected chi connectivity index (χ2v) is 4.15. The normalized spacial score (nSPS) is 16.2. The molecule has 1 atom stereocenters. The number of rotatable bonds is 7. The zero-order valence-corrected chi connectivity index (χ0v) is 10.2. The van der Waals surface area contributed by atoms with Crippen LogP contribution in [-0.2, 0) is 4.18 Å². The minimum absolute atomic E-state index is 0.211. The molecule has 0 aliphatic carbocycles. The van der Waals surface area contributed by atoms with E-state index in [0.29, 0.717) is 0 Å². The second-order valence-electron chi connectivity index (χ2n) is 3.97. The molecule has 0 aliphatic heterocycles. The summed E-state index contributed by atoms with van der Waals surface area (Å²) in [6.45, 7) is 4.30. The van der Waals surface area contributed by atoms with Crippen LogP contribution < -0.4 is 0 Å². The molecule has 0 fully saturated rings. The minimum atomic E-state index is -0.211. The smallest absolute Gasteiger partial charge is 0.132 e. The molecule has 0 bridgehead atoms. The highest BCUT2D eigenvalue weighted by Crippen LogP contribution is 2.22. The quantitative estimate of drug-likeness (QED) is 0.297. The van der Waals surface area contributed by atoms with Crippen molar-refractivity contribution in [3.63, 3.8) is 0 Å². The first-order chi connectivity index (χ1) is 6.06. The van der Waals surface area contributed by atoms with Gasteiger partial charge in [0.15, 0.2) is 0 Å². The fourth-order valence-electron chi connectivity index (χ4n) is 1.23. The Labute approximate surface area is 88.3 Å². The van der Waals surface area contributed by atoms with E-state index in [1.807, 2.05) is 14.1 Å². The van der Waals surface area contributed by atoms with Gasteiger partial charge >= 0.3 is 0 Å². The molecule has 0 spiro atoms. The minimum Gasteiger partial charge on any atom is -0.297 e. The molecule has 13 heavy (non-hydrogen) atoms. The van der Waals surface area contributed by atoms with Crippen molar-refractivity contribution in [2.75, 3.05) is 14.1 Å². The number of thiol groups is 1. The van der Waals surface area contributed by atoms with Gasteiger partial charge in [-0.1, -0.05) is 26.2 Å². The van der Waals surface area contributed by atoms with Crippen LogP contribution in [0.25, 0.3) is 0 Å². The topological polar surface area (TPSA) is 12.5 Å². The average Bonchev–Trinajstić information content (AvgIpc) is 2.12. The number of hydrogen-bond acceptors (Lipinski definition) is 3. The molecule has 0 aromatic carbocycles. The molecular formula is C10H23NOS. The van der Waals surface area contributed by atoms with Crippen LogP contribution in [0.5, 0.6) is 0 Å². The summed E-state index contributed by atoms with van der Waals surface area (Å²) in [5.74, 6) is 0. The van der Waals surface area contributed by atoms with Crippen molar-refractivity contribution in [1.29, 1.82) is 0 Å². The maximum absolute atomic E-state index is 5.20. The Morgan fingerprint density at radius 1 is 1.23 bits per heavy atom. The van der Waals surface area contributed by atoms with Crippen molar-refractivity contribution in [2.24, 2.45) is 0 Å². The Kier molecular flexibility index (Phi) is 6.82. The number of nitrogens with zero attached hydrogens (tertiary/aromatic N) is 1. The Morgan fingerprint density at radius 3 is 2.23 bits per heavy atom. The highest BCUT2D eigenvalue weighted by molar-refractivity contribution is 7.75. The van der Waals surface area contributed by atoms with Gasteiger partial charge in [0.1, 0.15) is 5.72 Å². The highest BCUT2D eigenvalue weighted by Gasteiger charge is 2.26. The molecule has 0 heterocycles. The van der Waals surface area contributed by atoms with Gasteiger partial charge in [0.25, 0.3) is 0 Å². The molecule has 3 heteroatoms. The second kappa shape index (κ2) is 6.68. The van der Waals surface area contributed by atoms with Crippen LogP contribution in [0.15, 0.2) is 0 Å². The molecule has 0 aromatic rings. The van der Waals surface area contributed by atoms with Crippen molar-refractivity contribution in [3.05, 3.63) is 0 Å². The summed E-state index contributed by atoms with van der Waals surface area (Å²) >= 11 is 3.92. The lowest BCUT2D eigenvalue weighted by Gasteiger charge is -2.33. The Morgan fingerprint density at radius 2 is 1.85 bits per heavy atom. The van der Waals surface area contributed by atoms with Crippen LogP contribution >= 0.6 is 12.9 Å². The van der Waals surface area contributed by atoms with Gasteiger partial charge in [0, 0.05) is 0 Å². The standard InChI is InChI=1S/C10H23NOS/c1-5-6-7-8-9-10(2,12-13)11(3)4/h13H,5-9H2,1-4H3. The Balaban J connectivity index is 3.71. The molecule has 0 aliphatic rings. The Hall–Kier alpha value is 0.270. The van der Waals surface area contributed by atoms with E-state index >= 15 is 0 Å². The van der Waals surface area contributed by atoms with Gasteiger partial charge in [-0.25, -0.2) is 0 Å². The van der Waals surface area contributed by atoms with Crippen molar-refractivity contribution >= 4 is 12.9 Å². The van der Waals surface area contributed by atoms with E-state index in [1.54, 1.807) is 0 Å². The summed E-state index contributed by atoms with van der Waals surface area (Å²) in [7, 11) is 4.05. The van der Waals surface area contributed by atoms with Gasteiger partial charge in [-0.3, -0.25) is 9.08 Å². The van der Waals surface area contributed by atoms with Gasteiger partial charge in [0.05, 0.1) is 0 Å². The first kappa shape index (κ1) is 13.3. The molecule has 1 unspecified atom stereocenters. The van der Waals surface area contributed by atoms with Crippen LogP contribution in [0.4, 0.5) is 0 Å². The molecule has 0 saturated carbocycles. The van der Waals surface area contributed by atoms with E-state index in [4.69, 9.17) is 4.18 Å². The summed E-state index contributed by atoms with van der Waals surface area (Å²) in [5.41, 5.74) is -0.211. The fraction of sp³-hybridized carbons (Fsp3) is 1.00. The van der Waals surface area contributed by atoms with Crippen molar-refractivity contribution in [1.82, 2.24) is 4.90 Å². The van der Waals surface area contributed by atoms with E-state index in [9.17, 15) is 0 Å².